The summed E-state index contributed by atoms with van der Waals surface area (Å²) in [6.07, 6.45) is 1.53. The van der Waals surface area contributed by atoms with Crippen molar-refractivity contribution >= 4 is 11.6 Å². The summed E-state index contributed by atoms with van der Waals surface area (Å²) in [6, 6.07) is 3.68. The predicted molar refractivity (Wildman–Crippen MR) is 96.1 cm³/mol. The van der Waals surface area contributed by atoms with E-state index in [0.717, 1.165) is 47.2 Å². The smallest absolute Gasteiger partial charge is 0.177 e. The van der Waals surface area contributed by atoms with Crippen molar-refractivity contribution in [3.05, 3.63) is 33.8 Å². The van der Waals surface area contributed by atoms with Crippen LogP contribution in [-0.4, -0.2) is 42.9 Å². The van der Waals surface area contributed by atoms with Crippen LogP contribution in [0.2, 0.25) is 5.02 Å². The van der Waals surface area contributed by atoms with Crippen LogP contribution in [0.25, 0.3) is 11.1 Å². The SMILES string of the molecule is COc1cc2c(cc1O)CC1c3c(c(Cl)c(O)c(OC)c3-2)CCN1C. The highest BCUT2D eigenvalue weighted by atomic mass is 35.5. The number of hydrogen-bond donors (Lipinski definition) is 2. The largest absolute Gasteiger partial charge is 0.504 e. The number of benzene rings is 2. The first kappa shape index (κ1) is 16.4. The van der Waals surface area contributed by atoms with Crippen LogP contribution in [-0.2, 0) is 12.8 Å². The van der Waals surface area contributed by atoms with Gasteiger partial charge in [0.15, 0.2) is 23.0 Å². The molecular formula is C19H20ClNO4. The molecule has 1 aliphatic heterocycles. The number of nitrogens with zero attached hydrogens (tertiary/aromatic N) is 1. The molecule has 5 nitrogen and oxygen atoms in total. The van der Waals surface area contributed by atoms with Crippen LogP contribution in [0.1, 0.15) is 22.7 Å². The lowest BCUT2D eigenvalue weighted by molar-refractivity contribution is 0.226. The summed E-state index contributed by atoms with van der Waals surface area (Å²) in [5, 5.41) is 21.2. The lowest BCUT2D eigenvalue weighted by Gasteiger charge is -2.41. The quantitative estimate of drug-likeness (QED) is 0.857. The topological polar surface area (TPSA) is 62.2 Å². The summed E-state index contributed by atoms with van der Waals surface area (Å²) in [4.78, 5) is 2.28. The molecule has 0 fully saturated rings. The van der Waals surface area contributed by atoms with Gasteiger partial charge >= 0.3 is 0 Å². The summed E-state index contributed by atoms with van der Waals surface area (Å²) in [5.41, 5.74) is 4.83. The van der Waals surface area contributed by atoms with Crippen molar-refractivity contribution in [3.8, 4) is 34.1 Å². The third-order valence-electron chi connectivity index (χ3n) is 5.38. The van der Waals surface area contributed by atoms with Crippen molar-refractivity contribution < 1.29 is 19.7 Å². The molecular weight excluding hydrogens is 342 g/mol. The molecule has 1 unspecified atom stereocenters. The highest BCUT2D eigenvalue weighted by molar-refractivity contribution is 6.33. The standard InChI is InChI=1S/C19H20ClNO4/c1-21-5-4-10-15-12(21)6-9-7-13(22)14(24-2)8-11(9)16(15)19(25-3)18(23)17(10)20/h7-8,12,22-23H,4-6H2,1-3H3. The van der Waals surface area contributed by atoms with Gasteiger partial charge in [-0.2, -0.15) is 0 Å². The van der Waals surface area contributed by atoms with Gasteiger partial charge in [0.05, 0.1) is 19.2 Å². The number of hydrogen-bond acceptors (Lipinski definition) is 5. The van der Waals surface area contributed by atoms with E-state index in [-0.39, 0.29) is 17.5 Å². The first-order chi connectivity index (χ1) is 12.0. The molecule has 2 aromatic rings. The van der Waals surface area contributed by atoms with Crippen LogP contribution >= 0.6 is 11.6 Å². The molecule has 1 heterocycles. The molecule has 6 heteroatoms. The Morgan fingerprint density at radius 1 is 1.20 bits per heavy atom. The molecule has 2 aliphatic rings. The second-order valence-corrected chi connectivity index (χ2v) is 6.97. The maximum absolute atomic E-state index is 10.6. The second kappa shape index (κ2) is 5.71. The van der Waals surface area contributed by atoms with E-state index in [2.05, 4.69) is 11.9 Å². The summed E-state index contributed by atoms with van der Waals surface area (Å²) in [6.45, 7) is 0.861. The van der Waals surface area contributed by atoms with Gasteiger partial charge < -0.3 is 19.7 Å². The van der Waals surface area contributed by atoms with Gasteiger partial charge in [-0.25, -0.2) is 0 Å². The van der Waals surface area contributed by atoms with Gasteiger partial charge in [-0.05, 0) is 54.3 Å². The molecule has 132 valence electrons. The van der Waals surface area contributed by atoms with Crippen LogP contribution in [0.15, 0.2) is 12.1 Å². The van der Waals surface area contributed by atoms with Gasteiger partial charge in [-0.1, -0.05) is 11.6 Å². The Kier molecular flexibility index (Phi) is 3.74. The monoisotopic (exact) mass is 361 g/mol. The van der Waals surface area contributed by atoms with E-state index in [1.54, 1.807) is 12.1 Å². The van der Waals surface area contributed by atoms with Crippen LogP contribution < -0.4 is 9.47 Å². The molecule has 0 saturated carbocycles. The van der Waals surface area contributed by atoms with Crippen LogP contribution in [0.4, 0.5) is 0 Å². The molecule has 0 spiro atoms. The normalized spacial score (nSPS) is 18.5. The van der Waals surface area contributed by atoms with Gasteiger partial charge in [0.1, 0.15) is 0 Å². The molecule has 2 N–H and O–H groups in total. The number of aromatic hydroxyl groups is 2. The number of methoxy groups -OCH3 is 2. The zero-order valence-corrected chi connectivity index (χ0v) is 15.1. The molecule has 4 rings (SSSR count). The highest BCUT2D eigenvalue weighted by Gasteiger charge is 2.38. The van der Waals surface area contributed by atoms with Gasteiger partial charge in [0.25, 0.3) is 0 Å². The van der Waals surface area contributed by atoms with Crippen molar-refractivity contribution in [2.45, 2.75) is 18.9 Å². The number of halogens is 1. The van der Waals surface area contributed by atoms with Crippen molar-refractivity contribution in [2.75, 3.05) is 27.8 Å². The molecule has 2 aromatic carbocycles. The highest BCUT2D eigenvalue weighted by Crippen LogP contribution is 2.56. The van der Waals surface area contributed by atoms with E-state index in [0.29, 0.717) is 16.5 Å². The number of phenols is 2. The molecule has 0 amide bonds. The van der Waals surface area contributed by atoms with Gasteiger partial charge in [-0.15, -0.1) is 0 Å². The molecule has 0 bridgehead atoms. The number of fused-ring (bicyclic) bond motifs is 2. The first-order valence-corrected chi connectivity index (χ1v) is 8.57. The average molecular weight is 362 g/mol. The van der Waals surface area contributed by atoms with Crippen molar-refractivity contribution in [1.29, 1.82) is 0 Å². The van der Waals surface area contributed by atoms with E-state index in [1.807, 2.05) is 0 Å². The minimum Gasteiger partial charge on any atom is -0.504 e. The predicted octanol–water partition coefficient (Wildman–Crippen LogP) is 3.52. The number of rotatable bonds is 2. The Morgan fingerprint density at radius 2 is 1.96 bits per heavy atom. The van der Waals surface area contributed by atoms with Crippen LogP contribution in [0.3, 0.4) is 0 Å². The van der Waals surface area contributed by atoms with Crippen LogP contribution in [0.5, 0.6) is 23.0 Å². The summed E-state index contributed by atoms with van der Waals surface area (Å²) < 4.78 is 10.8. The van der Waals surface area contributed by atoms with E-state index in [4.69, 9.17) is 21.1 Å². The maximum Gasteiger partial charge on any atom is 0.177 e. The van der Waals surface area contributed by atoms with Gasteiger partial charge in [0.2, 0.25) is 0 Å². The molecule has 25 heavy (non-hydrogen) atoms. The Bertz CT molecular complexity index is 881. The lowest BCUT2D eigenvalue weighted by Crippen LogP contribution is -2.35. The Hall–Kier alpha value is -2.11. The van der Waals surface area contributed by atoms with E-state index in [9.17, 15) is 10.2 Å². The summed E-state index contributed by atoms with van der Waals surface area (Å²) >= 11 is 6.46. The van der Waals surface area contributed by atoms with E-state index < -0.39 is 0 Å². The van der Waals surface area contributed by atoms with E-state index in [1.165, 1.54) is 14.2 Å². The third kappa shape index (κ3) is 2.19. The van der Waals surface area contributed by atoms with Gasteiger partial charge in [-0.3, -0.25) is 4.90 Å². The Labute approximate surface area is 151 Å². The summed E-state index contributed by atoms with van der Waals surface area (Å²) in [5.74, 6) is 0.853. The second-order valence-electron chi connectivity index (χ2n) is 6.59. The van der Waals surface area contributed by atoms with Crippen LogP contribution in [0, 0.1) is 0 Å². The minimum atomic E-state index is -0.0267. The average Bonchev–Trinajstić information content (AvgIpc) is 2.60. The van der Waals surface area contributed by atoms with Crippen molar-refractivity contribution in [2.24, 2.45) is 0 Å². The molecule has 0 aromatic heterocycles. The van der Waals surface area contributed by atoms with E-state index >= 15 is 0 Å². The first-order valence-electron chi connectivity index (χ1n) is 8.19. The third-order valence-corrected chi connectivity index (χ3v) is 5.79. The zero-order valence-electron chi connectivity index (χ0n) is 14.4. The molecule has 0 saturated heterocycles. The maximum atomic E-state index is 10.6. The van der Waals surface area contributed by atoms with Crippen molar-refractivity contribution in [3.63, 3.8) is 0 Å². The number of ether oxygens (including phenoxy) is 2. The van der Waals surface area contributed by atoms with Gasteiger partial charge in [0, 0.05) is 18.2 Å². The number of likely N-dealkylation sites (N-methyl/N-ethyl adjacent to an activating group) is 1. The fraction of sp³-hybridized carbons (Fsp3) is 0.368. The molecule has 1 aliphatic carbocycles. The lowest BCUT2D eigenvalue weighted by atomic mass is 9.76. The Balaban J connectivity index is 2.11. The Morgan fingerprint density at radius 3 is 2.64 bits per heavy atom. The zero-order chi connectivity index (χ0) is 17.9. The minimum absolute atomic E-state index is 0.0267. The number of phenolic OH excluding ortho intramolecular Hbond substituents is 2. The fourth-order valence-electron chi connectivity index (χ4n) is 4.14. The van der Waals surface area contributed by atoms with Crippen molar-refractivity contribution in [1.82, 2.24) is 4.90 Å². The summed E-state index contributed by atoms with van der Waals surface area (Å²) in [7, 11) is 5.13. The molecule has 1 atom stereocenters. The molecule has 0 radical (unpaired) electrons. The fourth-order valence-corrected chi connectivity index (χ4v) is 4.42.